The minimum atomic E-state index is -0.896. The molecule has 0 unspecified atom stereocenters. The third kappa shape index (κ3) is 2.54. The van der Waals surface area contributed by atoms with Crippen molar-refractivity contribution in [2.45, 2.75) is 19.0 Å². The van der Waals surface area contributed by atoms with Crippen LogP contribution in [0.25, 0.3) is 0 Å². The summed E-state index contributed by atoms with van der Waals surface area (Å²) in [6, 6.07) is 0. The molecular formula is C9H15NO4. The first-order chi connectivity index (χ1) is 6.62. The van der Waals surface area contributed by atoms with Gasteiger partial charge in [0.15, 0.2) is 6.29 Å². The molecule has 0 aromatic carbocycles. The number of ether oxygens (including phenoxy) is 3. The maximum absolute atomic E-state index is 10.7. The minimum Gasteiger partial charge on any atom is -0.352 e. The fraction of sp³-hybridized carbons (Fsp3) is 0.667. The SMILES string of the molecule is CO[C@@H]1C=C[C@](CNC(C)=O)(OC)O1. The molecule has 0 aliphatic carbocycles. The van der Waals surface area contributed by atoms with Crippen LogP contribution in [0, 0.1) is 0 Å². The van der Waals surface area contributed by atoms with Gasteiger partial charge in [0.25, 0.3) is 0 Å². The zero-order chi connectivity index (χ0) is 10.6. The Kier molecular flexibility index (Phi) is 3.62. The molecule has 0 fully saturated rings. The highest BCUT2D eigenvalue weighted by atomic mass is 16.8. The normalized spacial score (nSPS) is 30.6. The summed E-state index contributed by atoms with van der Waals surface area (Å²) in [5, 5.41) is 2.63. The summed E-state index contributed by atoms with van der Waals surface area (Å²) in [6.45, 7) is 1.71. The van der Waals surface area contributed by atoms with E-state index < -0.39 is 12.1 Å². The monoisotopic (exact) mass is 201 g/mol. The van der Waals surface area contributed by atoms with E-state index in [9.17, 15) is 4.79 Å². The molecule has 1 N–H and O–H groups in total. The molecule has 0 bridgehead atoms. The first kappa shape index (κ1) is 11.2. The predicted molar refractivity (Wildman–Crippen MR) is 49.4 cm³/mol. The van der Waals surface area contributed by atoms with Gasteiger partial charge in [-0.1, -0.05) is 0 Å². The lowest BCUT2D eigenvalue weighted by atomic mass is 10.2. The highest BCUT2D eigenvalue weighted by molar-refractivity contribution is 5.72. The summed E-state index contributed by atoms with van der Waals surface area (Å²) < 4.78 is 15.6. The molecule has 0 radical (unpaired) electrons. The number of amides is 1. The molecule has 5 nitrogen and oxygen atoms in total. The molecule has 1 aliphatic heterocycles. The summed E-state index contributed by atoms with van der Waals surface area (Å²) in [4.78, 5) is 10.7. The number of nitrogens with one attached hydrogen (secondary N) is 1. The molecule has 14 heavy (non-hydrogen) atoms. The van der Waals surface area contributed by atoms with Crippen LogP contribution < -0.4 is 5.32 Å². The topological polar surface area (TPSA) is 56.8 Å². The van der Waals surface area contributed by atoms with E-state index in [0.29, 0.717) is 0 Å². The quantitative estimate of drug-likeness (QED) is 0.652. The number of methoxy groups -OCH3 is 2. The molecule has 0 spiro atoms. The summed E-state index contributed by atoms with van der Waals surface area (Å²) >= 11 is 0. The van der Waals surface area contributed by atoms with Gasteiger partial charge in [0.1, 0.15) is 0 Å². The van der Waals surface area contributed by atoms with Crippen LogP contribution in [0.15, 0.2) is 12.2 Å². The zero-order valence-electron chi connectivity index (χ0n) is 8.57. The lowest BCUT2D eigenvalue weighted by Crippen LogP contribution is -2.44. The maximum Gasteiger partial charge on any atom is 0.217 e. The highest BCUT2D eigenvalue weighted by Crippen LogP contribution is 2.23. The Morgan fingerprint density at radius 1 is 1.64 bits per heavy atom. The molecule has 2 atom stereocenters. The van der Waals surface area contributed by atoms with Crippen LogP contribution in [0.1, 0.15) is 6.92 Å². The van der Waals surface area contributed by atoms with Crippen LogP contribution in [0.4, 0.5) is 0 Å². The Morgan fingerprint density at radius 2 is 2.36 bits per heavy atom. The van der Waals surface area contributed by atoms with Crippen LogP contribution in [-0.4, -0.2) is 38.7 Å². The van der Waals surface area contributed by atoms with E-state index in [1.807, 2.05) is 0 Å². The largest absolute Gasteiger partial charge is 0.352 e. The molecule has 80 valence electrons. The van der Waals surface area contributed by atoms with Crippen molar-refractivity contribution in [1.82, 2.24) is 5.32 Å². The zero-order valence-corrected chi connectivity index (χ0v) is 8.57. The Bertz CT molecular complexity index is 241. The standard InChI is InChI=1S/C9H15NO4/c1-7(11)10-6-9(13-3)5-4-8(12-2)14-9/h4-5,8H,6H2,1-3H3,(H,10,11)/t8-,9-/m0/s1. The molecule has 1 rings (SSSR count). The van der Waals surface area contributed by atoms with E-state index >= 15 is 0 Å². The van der Waals surface area contributed by atoms with Gasteiger partial charge in [0.2, 0.25) is 11.7 Å². The van der Waals surface area contributed by atoms with Crippen LogP contribution in [-0.2, 0) is 19.0 Å². The van der Waals surface area contributed by atoms with Crippen molar-refractivity contribution < 1.29 is 19.0 Å². The Balaban J connectivity index is 2.52. The summed E-state index contributed by atoms with van der Waals surface area (Å²) in [5.74, 6) is -1.02. The van der Waals surface area contributed by atoms with Crippen molar-refractivity contribution in [2.75, 3.05) is 20.8 Å². The van der Waals surface area contributed by atoms with Crippen molar-refractivity contribution in [2.24, 2.45) is 0 Å². The number of carbonyl (C=O) groups is 1. The number of hydrogen-bond acceptors (Lipinski definition) is 4. The summed E-state index contributed by atoms with van der Waals surface area (Å²) in [5.41, 5.74) is 0. The average molecular weight is 201 g/mol. The highest BCUT2D eigenvalue weighted by Gasteiger charge is 2.35. The van der Waals surface area contributed by atoms with Gasteiger partial charge in [-0.15, -0.1) is 0 Å². The number of carbonyl (C=O) groups excluding carboxylic acids is 1. The molecule has 0 aromatic heterocycles. The van der Waals surface area contributed by atoms with Gasteiger partial charge in [-0.2, -0.15) is 0 Å². The Labute approximate surface area is 83.0 Å². The Morgan fingerprint density at radius 3 is 2.79 bits per heavy atom. The molecule has 1 heterocycles. The first-order valence-electron chi connectivity index (χ1n) is 4.31. The fourth-order valence-electron chi connectivity index (χ4n) is 1.16. The number of hydrogen-bond donors (Lipinski definition) is 1. The third-order valence-corrected chi connectivity index (χ3v) is 1.98. The minimum absolute atomic E-state index is 0.126. The number of rotatable bonds is 4. The van der Waals surface area contributed by atoms with Crippen LogP contribution in [0.3, 0.4) is 0 Å². The summed E-state index contributed by atoms with van der Waals surface area (Å²) in [7, 11) is 3.06. The van der Waals surface area contributed by atoms with Gasteiger partial charge in [0.05, 0.1) is 6.54 Å². The second kappa shape index (κ2) is 4.54. The van der Waals surface area contributed by atoms with E-state index in [2.05, 4.69) is 5.32 Å². The third-order valence-electron chi connectivity index (χ3n) is 1.98. The van der Waals surface area contributed by atoms with E-state index in [-0.39, 0.29) is 12.5 Å². The van der Waals surface area contributed by atoms with Gasteiger partial charge < -0.3 is 19.5 Å². The molecular weight excluding hydrogens is 186 g/mol. The molecule has 0 saturated heterocycles. The summed E-state index contributed by atoms with van der Waals surface area (Å²) in [6.07, 6.45) is 3.06. The molecule has 0 aromatic rings. The van der Waals surface area contributed by atoms with Crippen molar-refractivity contribution in [3.63, 3.8) is 0 Å². The van der Waals surface area contributed by atoms with E-state index in [1.165, 1.54) is 14.0 Å². The van der Waals surface area contributed by atoms with Crippen molar-refractivity contribution in [3.8, 4) is 0 Å². The van der Waals surface area contributed by atoms with Crippen molar-refractivity contribution >= 4 is 5.91 Å². The second-order valence-corrected chi connectivity index (χ2v) is 3.01. The van der Waals surface area contributed by atoms with Crippen LogP contribution >= 0.6 is 0 Å². The van der Waals surface area contributed by atoms with Gasteiger partial charge in [-0.25, -0.2) is 0 Å². The second-order valence-electron chi connectivity index (χ2n) is 3.01. The Hall–Kier alpha value is -0.910. The predicted octanol–water partition coefficient (Wildman–Crippen LogP) is 0.0241. The van der Waals surface area contributed by atoms with Gasteiger partial charge in [0, 0.05) is 21.1 Å². The molecule has 1 amide bonds. The average Bonchev–Trinajstić information content (AvgIpc) is 2.59. The maximum atomic E-state index is 10.7. The van der Waals surface area contributed by atoms with E-state index in [0.717, 1.165) is 0 Å². The molecule has 0 saturated carbocycles. The fourth-order valence-corrected chi connectivity index (χ4v) is 1.16. The van der Waals surface area contributed by atoms with Gasteiger partial charge in [-0.05, 0) is 12.2 Å². The smallest absolute Gasteiger partial charge is 0.217 e. The van der Waals surface area contributed by atoms with Crippen LogP contribution in [0.5, 0.6) is 0 Å². The lowest BCUT2D eigenvalue weighted by Gasteiger charge is -2.26. The van der Waals surface area contributed by atoms with Crippen LogP contribution in [0.2, 0.25) is 0 Å². The molecule has 5 heteroatoms. The molecule has 1 aliphatic rings. The van der Waals surface area contributed by atoms with Gasteiger partial charge in [-0.3, -0.25) is 4.79 Å². The van der Waals surface area contributed by atoms with Crippen molar-refractivity contribution in [3.05, 3.63) is 12.2 Å². The van der Waals surface area contributed by atoms with E-state index in [4.69, 9.17) is 14.2 Å². The van der Waals surface area contributed by atoms with Gasteiger partial charge >= 0.3 is 0 Å². The lowest BCUT2D eigenvalue weighted by molar-refractivity contribution is -0.239. The first-order valence-corrected chi connectivity index (χ1v) is 4.31. The van der Waals surface area contributed by atoms with E-state index in [1.54, 1.807) is 19.3 Å². The van der Waals surface area contributed by atoms with Crippen molar-refractivity contribution in [1.29, 1.82) is 0 Å².